The van der Waals surface area contributed by atoms with Crippen molar-refractivity contribution in [2.45, 2.75) is 12.6 Å². The molecule has 2 fully saturated rings. The lowest BCUT2D eigenvalue weighted by atomic mass is 10.0. The van der Waals surface area contributed by atoms with Crippen LogP contribution in [0.15, 0.2) is 34.8 Å². The zero-order valence-corrected chi connectivity index (χ0v) is 13.3. The Hall–Kier alpha value is -2.54. The van der Waals surface area contributed by atoms with Crippen molar-refractivity contribution in [1.29, 1.82) is 0 Å². The first-order chi connectivity index (χ1) is 11.8. The fraction of sp³-hybridized carbons (Fsp3) is 0.412. The molecule has 7 heteroatoms. The van der Waals surface area contributed by atoms with Crippen LogP contribution in [0.25, 0.3) is 5.70 Å². The van der Waals surface area contributed by atoms with E-state index in [1.807, 2.05) is 12.1 Å². The lowest BCUT2D eigenvalue weighted by Crippen LogP contribution is -2.50. The van der Waals surface area contributed by atoms with Crippen molar-refractivity contribution >= 4 is 18.1 Å². The number of hydrogen-bond acceptors (Lipinski definition) is 6. The molecule has 0 bridgehead atoms. The van der Waals surface area contributed by atoms with Crippen LogP contribution in [-0.4, -0.2) is 66.3 Å². The van der Waals surface area contributed by atoms with E-state index in [4.69, 9.17) is 9.73 Å². The van der Waals surface area contributed by atoms with E-state index in [0.717, 1.165) is 48.7 Å². The summed E-state index contributed by atoms with van der Waals surface area (Å²) in [5.41, 5.74) is 2.94. The normalized spacial score (nSPS) is 23.7. The van der Waals surface area contributed by atoms with E-state index in [9.17, 15) is 9.90 Å². The van der Waals surface area contributed by atoms with Gasteiger partial charge in [0, 0.05) is 30.8 Å². The summed E-state index contributed by atoms with van der Waals surface area (Å²) in [6, 6.07) is 7.16. The number of hydrogen-bond donors (Lipinski definition) is 2. The van der Waals surface area contributed by atoms with Crippen LogP contribution >= 0.6 is 0 Å². The van der Waals surface area contributed by atoms with Crippen LogP contribution in [0.4, 0.5) is 0 Å². The number of nitrogens with zero attached hydrogens (tertiary/aromatic N) is 3. The Labute approximate surface area is 140 Å². The predicted octanol–water partition coefficient (Wildman–Crippen LogP) is 0.583. The van der Waals surface area contributed by atoms with Crippen LogP contribution < -0.4 is 5.32 Å². The number of morpholine rings is 1. The van der Waals surface area contributed by atoms with Gasteiger partial charge in [0.1, 0.15) is 5.75 Å². The van der Waals surface area contributed by atoms with Gasteiger partial charge in [-0.1, -0.05) is 12.1 Å². The topological polar surface area (TPSA) is 77.4 Å². The molecule has 0 radical (unpaired) electrons. The molecule has 0 spiro atoms. The molecular formula is C17H20N4O3. The summed E-state index contributed by atoms with van der Waals surface area (Å²) < 4.78 is 5.41. The minimum atomic E-state index is -0.265. The van der Waals surface area contributed by atoms with Gasteiger partial charge in [-0.2, -0.15) is 0 Å². The van der Waals surface area contributed by atoms with Crippen molar-refractivity contribution in [2.24, 2.45) is 4.99 Å². The lowest BCUT2D eigenvalue weighted by Gasteiger charge is -2.35. The molecule has 1 aromatic carbocycles. The van der Waals surface area contributed by atoms with Gasteiger partial charge in [0.2, 0.25) is 12.4 Å². The zero-order chi connectivity index (χ0) is 16.5. The van der Waals surface area contributed by atoms with Crippen molar-refractivity contribution in [3.63, 3.8) is 0 Å². The van der Waals surface area contributed by atoms with Crippen molar-refractivity contribution in [2.75, 3.05) is 32.8 Å². The van der Waals surface area contributed by atoms with Crippen molar-refractivity contribution in [1.82, 2.24) is 15.1 Å². The number of aromatic hydroxyl groups is 1. The summed E-state index contributed by atoms with van der Waals surface area (Å²) in [5.74, 6) is 0.985. The van der Waals surface area contributed by atoms with Gasteiger partial charge in [-0.25, -0.2) is 4.99 Å². The number of carbonyl (C=O) groups is 1. The third kappa shape index (κ3) is 2.60. The Morgan fingerprint density at radius 2 is 2.12 bits per heavy atom. The van der Waals surface area contributed by atoms with Gasteiger partial charge in [-0.05, 0) is 18.6 Å². The van der Waals surface area contributed by atoms with E-state index in [0.29, 0.717) is 19.8 Å². The second-order valence-electron chi connectivity index (χ2n) is 6.09. The van der Waals surface area contributed by atoms with Crippen LogP contribution in [-0.2, 0) is 9.53 Å². The van der Waals surface area contributed by atoms with Crippen LogP contribution in [0.1, 0.15) is 12.0 Å². The molecule has 0 saturated carbocycles. The summed E-state index contributed by atoms with van der Waals surface area (Å²) in [5, 5.41) is 13.3. The van der Waals surface area contributed by atoms with E-state index < -0.39 is 0 Å². The SMILES string of the molecule is O=CN1CCC2=C(c3cccc(O)c3)NC(N3CCOCC3)=NC21. The molecule has 1 unspecified atom stereocenters. The third-order valence-electron chi connectivity index (χ3n) is 4.65. The number of phenolic OH excluding ortho intramolecular Hbond substituents is 1. The maximum Gasteiger partial charge on any atom is 0.211 e. The van der Waals surface area contributed by atoms with Gasteiger partial charge in [0.25, 0.3) is 0 Å². The molecule has 3 aliphatic heterocycles. The largest absolute Gasteiger partial charge is 0.508 e. The van der Waals surface area contributed by atoms with Gasteiger partial charge < -0.3 is 25.0 Å². The number of likely N-dealkylation sites (tertiary alicyclic amines) is 1. The number of rotatable bonds is 2. The highest BCUT2D eigenvalue weighted by molar-refractivity contribution is 5.93. The number of ether oxygens (including phenoxy) is 1. The third-order valence-corrected chi connectivity index (χ3v) is 4.65. The number of guanidine groups is 1. The standard InChI is InChI=1S/C17H20N4O3/c22-11-21-5-4-14-15(12-2-1-3-13(23)10-12)18-17(19-16(14)21)20-6-8-24-9-7-20/h1-3,10-11,16,23H,4-9H2,(H,18,19). The Kier molecular flexibility index (Phi) is 3.86. The molecule has 3 heterocycles. The minimum absolute atomic E-state index is 0.222. The lowest BCUT2D eigenvalue weighted by molar-refractivity contribution is -0.118. The van der Waals surface area contributed by atoms with Crippen LogP contribution in [0.5, 0.6) is 5.75 Å². The fourth-order valence-electron chi connectivity index (χ4n) is 3.41. The Balaban J connectivity index is 1.72. The van der Waals surface area contributed by atoms with E-state index in [1.54, 1.807) is 17.0 Å². The number of aliphatic imine (C=N–C) groups is 1. The Bertz CT molecular complexity index is 710. The monoisotopic (exact) mass is 328 g/mol. The molecule has 0 aromatic heterocycles. The summed E-state index contributed by atoms with van der Waals surface area (Å²) in [4.78, 5) is 20.0. The fourth-order valence-corrected chi connectivity index (χ4v) is 3.41. The number of amides is 1. The molecule has 2 saturated heterocycles. The molecule has 126 valence electrons. The maximum atomic E-state index is 11.4. The molecule has 24 heavy (non-hydrogen) atoms. The Morgan fingerprint density at radius 1 is 1.29 bits per heavy atom. The Morgan fingerprint density at radius 3 is 2.88 bits per heavy atom. The summed E-state index contributed by atoms with van der Waals surface area (Å²) in [7, 11) is 0. The second kappa shape index (κ2) is 6.16. The average Bonchev–Trinajstić information content (AvgIpc) is 3.04. The highest BCUT2D eigenvalue weighted by Gasteiger charge is 2.35. The molecule has 3 aliphatic rings. The quantitative estimate of drug-likeness (QED) is 0.777. The van der Waals surface area contributed by atoms with E-state index in [2.05, 4.69) is 10.2 Å². The van der Waals surface area contributed by atoms with Crippen molar-refractivity contribution in [3.05, 3.63) is 35.4 Å². The van der Waals surface area contributed by atoms with Crippen molar-refractivity contribution in [3.8, 4) is 5.75 Å². The van der Waals surface area contributed by atoms with Crippen LogP contribution in [0.3, 0.4) is 0 Å². The van der Waals surface area contributed by atoms with Gasteiger partial charge in [0.15, 0.2) is 6.17 Å². The predicted molar refractivity (Wildman–Crippen MR) is 89.2 cm³/mol. The first kappa shape index (κ1) is 15.0. The van der Waals surface area contributed by atoms with Gasteiger partial charge >= 0.3 is 0 Å². The summed E-state index contributed by atoms with van der Waals surface area (Å²) in [6.07, 6.45) is 1.38. The molecule has 1 amide bonds. The molecule has 1 aromatic rings. The van der Waals surface area contributed by atoms with Gasteiger partial charge in [-0.3, -0.25) is 4.79 Å². The van der Waals surface area contributed by atoms with Crippen LogP contribution in [0, 0.1) is 0 Å². The second-order valence-corrected chi connectivity index (χ2v) is 6.09. The molecule has 2 N–H and O–H groups in total. The van der Waals surface area contributed by atoms with Gasteiger partial charge in [-0.15, -0.1) is 0 Å². The zero-order valence-electron chi connectivity index (χ0n) is 13.3. The number of benzene rings is 1. The molecule has 7 nitrogen and oxygen atoms in total. The van der Waals surface area contributed by atoms with E-state index in [-0.39, 0.29) is 11.9 Å². The van der Waals surface area contributed by atoms with Crippen molar-refractivity contribution < 1.29 is 14.6 Å². The smallest absolute Gasteiger partial charge is 0.211 e. The molecular weight excluding hydrogens is 308 g/mol. The summed E-state index contributed by atoms with van der Waals surface area (Å²) >= 11 is 0. The summed E-state index contributed by atoms with van der Waals surface area (Å²) in [6.45, 7) is 3.53. The average molecular weight is 328 g/mol. The van der Waals surface area contributed by atoms with Gasteiger partial charge in [0.05, 0.1) is 18.9 Å². The number of fused-ring (bicyclic) bond motifs is 1. The van der Waals surface area contributed by atoms with E-state index in [1.165, 1.54) is 0 Å². The number of phenols is 1. The number of carbonyl (C=O) groups excluding carboxylic acids is 1. The molecule has 0 aliphatic carbocycles. The first-order valence-electron chi connectivity index (χ1n) is 8.17. The highest BCUT2D eigenvalue weighted by Crippen LogP contribution is 2.33. The molecule has 4 rings (SSSR count). The number of nitrogens with one attached hydrogen (secondary N) is 1. The maximum absolute atomic E-state index is 11.4. The van der Waals surface area contributed by atoms with Crippen LogP contribution in [0.2, 0.25) is 0 Å². The van der Waals surface area contributed by atoms with E-state index >= 15 is 0 Å². The molecule has 1 atom stereocenters. The first-order valence-corrected chi connectivity index (χ1v) is 8.17. The highest BCUT2D eigenvalue weighted by atomic mass is 16.5. The minimum Gasteiger partial charge on any atom is -0.508 e.